The molecule has 1 N–H and O–H groups in total. The number of rotatable bonds is 5. The van der Waals surface area contributed by atoms with E-state index in [1.165, 1.54) is 25.7 Å². The van der Waals surface area contributed by atoms with Crippen molar-refractivity contribution >= 4 is 0 Å². The van der Waals surface area contributed by atoms with Crippen LogP contribution in [-0.2, 0) is 6.54 Å². The van der Waals surface area contributed by atoms with Crippen LogP contribution >= 0.6 is 0 Å². The highest BCUT2D eigenvalue weighted by atomic mass is 16.5. The third-order valence-corrected chi connectivity index (χ3v) is 3.16. The van der Waals surface area contributed by atoms with Crippen LogP contribution in [0.5, 0.6) is 5.75 Å². The molecule has 1 aromatic heterocycles. The van der Waals surface area contributed by atoms with Crippen LogP contribution in [0, 0.1) is 0 Å². The smallest absolute Gasteiger partial charge is 0.127 e. The summed E-state index contributed by atoms with van der Waals surface area (Å²) in [6.45, 7) is 5.12. The van der Waals surface area contributed by atoms with Gasteiger partial charge >= 0.3 is 0 Å². The van der Waals surface area contributed by atoms with Gasteiger partial charge in [-0.25, -0.2) is 0 Å². The first kappa shape index (κ1) is 12.4. The van der Waals surface area contributed by atoms with Crippen LogP contribution in [0.1, 0.15) is 45.1 Å². The van der Waals surface area contributed by atoms with E-state index in [0.717, 1.165) is 17.9 Å². The fourth-order valence-electron chi connectivity index (χ4n) is 2.16. The van der Waals surface area contributed by atoms with Crippen LogP contribution in [0.15, 0.2) is 18.5 Å². The Morgan fingerprint density at radius 3 is 2.88 bits per heavy atom. The minimum Gasteiger partial charge on any atom is -0.490 e. The predicted octanol–water partition coefficient (Wildman–Crippen LogP) is 2.90. The quantitative estimate of drug-likeness (QED) is 0.850. The van der Waals surface area contributed by atoms with Gasteiger partial charge in [0.25, 0.3) is 0 Å². The van der Waals surface area contributed by atoms with Gasteiger partial charge in [0, 0.05) is 30.5 Å². The van der Waals surface area contributed by atoms with Gasteiger partial charge in [-0.3, -0.25) is 4.98 Å². The van der Waals surface area contributed by atoms with Crippen molar-refractivity contribution in [1.82, 2.24) is 10.3 Å². The van der Waals surface area contributed by atoms with Gasteiger partial charge in [-0.1, -0.05) is 13.8 Å². The Balaban J connectivity index is 1.99. The van der Waals surface area contributed by atoms with Crippen LogP contribution in [0.4, 0.5) is 0 Å². The van der Waals surface area contributed by atoms with Gasteiger partial charge < -0.3 is 10.1 Å². The third-order valence-electron chi connectivity index (χ3n) is 3.16. The van der Waals surface area contributed by atoms with Gasteiger partial charge in [0.1, 0.15) is 5.75 Å². The number of hydrogen-bond acceptors (Lipinski definition) is 3. The number of nitrogens with one attached hydrogen (secondary N) is 1. The van der Waals surface area contributed by atoms with Crippen molar-refractivity contribution < 1.29 is 4.74 Å². The van der Waals surface area contributed by atoms with Gasteiger partial charge in [0.05, 0.1) is 6.10 Å². The molecule has 17 heavy (non-hydrogen) atoms. The largest absolute Gasteiger partial charge is 0.490 e. The highest BCUT2D eigenvalue weighted by Crippen LogP contribution is 2.26. The molecule has 1 fully saturated rings. The summed E-state index contributed by atoms with van der Waals surface area (Å²) in [5.41, 5.74) is 1.16. The molecular formula is C14H22N2O. The van der Waals surface area contributed by atoms with Crippen molar-refractivity contribution in [2.75, 3.05) is 0 Å². The lowest BCUT2D eigenvalue weighted by atomic mass is 10.2. The molecule has 0 atom stereocenters. The molecule has 1 aromatic rings. The van der Waals surface area contributed by atoms with E-state index >= 15 is 0 Å². The van der Waals surface area contributed by atoms with E-state index in [4.69, 9.17) is 4.74 Å². The predicted molar refractivity (Wildman–Crippen MR) is 69.1 cm³/mol. The lowest BCUT2D eigenvalue weighted by Gasteiger charge is -2.17. The fraction of sp³-hybridized carbons (Fsp3) is 0.643. The van der Waals surface area contributed by atoms with E-state index in [-0.39, 0.29) is 0 Å². The molecule has 0 bridgehead atoms. The van der Waals surface area contributed by atoms with E-state index < -0.39 is 0 Å². The molecule has 0 radical (unpaired) electrons. The molecule has 3 heteroatoms. The second kappa shape index (κ2) is 6.01. The first-order valence-electron chi connectivity index (χ1n) is 6.58. The second-order valence-electron chi connectivity index (χ2n) is 5.04. The van der Waals surface area contributed by atoms with E-state index in [9.17, 15) is 0 Å². The van der Waals surface area contributed by atoms with E-state index in [1.807, 2.05) is 18.5 Å². The Labute approximate surface area is 104 Å². The maximum absolute atomic E-state index is 6.06. The second-order valence-corrected chi connectivity index (χ2v) is 5.04. The standard InChI is InChI=1S/C14H22N2O/c1-11(2)16-10-12-9-15-8-7-14(12)17-13-5-3-4-6-13/h7-9,11,13,16H,3-6,10H2,1-2H3. The normalized spacial score (nSPS) is 16.6. The highest BCUT2D eigenvalue weighted by molar-refractivity contribution is 5.30. The van der Waals surface area contributed by atoms with Crippen LogP contribution in [0.3, 0.4) is 0 Å². The summed E-state index contributed by atoms with van der Waals surface area (Å²) in [6.07, 6.45) is 9.11. The van der Waals surface area contributed by atoms with Crippen LogP contribution in [0.25, 0.3) is 0 Å². The molecule has 0 saturated heterocycles. The molecule has 1 heterocycles. The highest BCUT2D eigenvalue weighted by Gasteiger charge is 2.17. The van der Waals surface area contributed by atoms with Crippen LogP contribution in [0.2, 0.25) is 0 Å². The molecule has 2 rings (SSSR count). The molecule has 0 unspecified atom stereocenters. The van der Waals surface area contributed by atoms with Gasteiger partial charge in [-0.2, -0.15) is 0 Å². The topological polar surface area (TPSA) is 34.2 Å². The Hall–Kier alpha value is -1.09. The minimum absolute atomic E-state index is 0.412. The van der Waals surface area contributed by atoms with Crippen molar-refractivity contribution in [3.8, 4) is 5.75 Å². The average molecular weight is 234 g/mol. The van der Waals surface area contributed by atoms with Crippen molar-refractivity contribution in [3.63, 3.8) is 0 Å². The summed E-state index contributed by atoms with van der Waals surface area (Å²) in [5.74, 6) is 1.00. The zero-order valence-electron chi connectivity index (χ0n) is 10.8. The molecule has 0 aliphatic heterocycles. The first-order valence-corrected chi connectivity index (χ1v) is 6.58. The summed E-state index contributed by atoms with van der Waals surface area (Å²) in [5, 5.41) is 3.41. The molecule has 1 aliphatic rings. The SMILES string of the molecule is CC(C)NCc1cnccc1OC1CCCC1. The molecule has 1 saturated carbocycles. The third kappa shape index (κ3) is 3.70. The Morgan fingerprint density at radius 2 is 2.18 bits per heavy atom. The molecule has 0 amide bonds. The van der Waals surface area contributed by atoms with Crippen LogP contribution in [-0.4, -0.2) is 17.1 Å². The maximum Gasteiger partial charge on any atom is 0.127 e. The zero-order chi connectivity index (χ0) is 12.1. The van der Waals surface area contributed by atoms with Gasteiger partial charge in [-0.05, 0) is 31.7 Å². The Kier molecular flexibility index (Phi) is 4.37. The molecule has 3 nitrogen and oxygen atoms in total. The number of pyridine rings is 1. The minimum atomic E-state index is 0.412. The van der Waals surface area contributed by atoms with Crippen molar-refractivity contribution in [1.29, 1.82) is 0 Å². The summed E-state index contributed by atoms with van der Waals surface area (Å²) in [6, 6.07) is 2.46. The maximum atomic E-state index is 6.06. The summed E-state index contributed by atoms with van der Waals surface area (Å²) < 4.78 is 6.06. The summed E-state index contributed by atoms with van der Waals surface area (Å²) in [7, 11) is 0. The average Bonchev–Trinajstić information content (AvgIpc) is 2.80. The van der Waals surface area contributed by atoms with Crippen LogP contribution < -0.4 is 10.1 Å². The monoisotopic (exact) mass is 234 g/mol. The van der Waals surface area contributed by atoms with Crippen molar-refractivity contribution in [2.24, 2.45) is 0 Å². The lowest BCUT2D eigenvalue weighted by molar-refractivity contribution is 0.207. The Morgan fingerprint density at radius 1 is 1.41 bits per heavy atom. The van der Waals surface area contributed by atoms with Gasteiger partial charge in [0.15, 0.2) is 0 Å². The molecule has 0 aromatic carbocycles. The number of ether oxygens (including phenoxy) is 1. The van der Waals surface area contributed by atoms with Gasteiger partial charge in [-0.15, -0.1) is 0 Å². The summed E-state index contributed by atoms with van der Waals surface area (Å²) in [4.78, 5) is 4.18. The fourth-order valence-corrected chi connectivity index (χ4v) is 2.16. The molecule has 1 aliphatic carbocycles. The van der Waals surface area contributed by atoms with E-state index in [2.05, 4.69) is 24.1 Å². The Bertz CT molecular complexity index is 346. The lowest BCUT2D eigenvalue weighted by Crippen LogP contribution is -2.23. The molecule has 94 valence electrons. The van der Waals surface area contributed by atoms with Crippen molar-refractivity contribution in [3.05, 3.63) is 24.0 Å². The van der Waals surface area contributed by atoms with E-state index in [1.54, 1.807) is 0 Å². The van der Waals surface area contributed by atoms with Gasteiger partial charge in [0.2, 0.25) is 0 Å². The van der Waals surface area contributed by atoms with Crippen molar-refractivity contribution in [2.45, 2.75) is 58.2 Å². The number of nitrogens with zero attached hydrogens (tertiary/aromatic N) is 1. The number of hydrogen-bond donors (Lipinski definition) is 1. The molecular weight excluding hydrogens is 212 g/mol. The van der Waals surface area contributed by atoms with E-state index in [0.29, 0.717) is 12.1 Å². The molecule has 0 spiro atoms. The summed E-state index contributed by atoms with van der Waals surface area (Å²) >= 11 is 0. The zero-order valence-corrected chi connectivity index (χ0v) is 10.8. The number of aromatic nitrogens is 1. The first-order chi connectivity index (χ1) is 8.25.